The molecule has 0 saturated heterocycles. The summed E-state index contributed by atoms with van der Waals surface area (Å²) in [6, 6.07) is 13.8. The van der Waals surface area contributed by atoms with E-state index in [2.05, 4.69) is 34.3 Å². The molecule has 0 aliphatic rings. The topological polar surface area (TPSA) is 45.2 Å². The van der Waals surface area contributed by atoms with E-state index in [1.165, 1.54) is 0 Å². The highest BCUT2D eigenvalue weighted by Crippen LogP contribution is 2.13. The maximum absolute atomic E-state index is 12.0. The molecule has 4 heteroatoms. The number of hydrogen-bond donors (Lipinski definition) is 1. The first-order chi connectivity index (χ1) is 9.68. The lowest BCUT2D eigenvalue weighted by Gasteiger charge is -2.27. The van der Waals surface area contributed by atoms with Crippen molar-refractivity contribution in [1.29, 1.82) is 0 Å². The number of nitrogens with zero attached hydrogens (tertiary/aromatic N) is 2. The van der Waals surface area contributed by atoms with E-state index in [-0.39, 0.29) is 11.9 Å². The van der Waals surface area contributed by atoms with Crippen LogP contribution < -0.4 is 10.2 Å². The van der Waals surface area contributed by atoms with E-state index in [9.17, 15) is 4.79 Å². The monoisotopic (exact) mass is 269 g/mol. The molecule has 2 aromatic rings. The third-order valence-electron chi connectivity index (χ3n) is 3.33. The Balaban J connectivity index is 1.89. The average molecular weight is 269 g/mol. The van der Waals surface area contributed by atoms with Crippen LogP contribution in [-0.4, -0.2) is 30.5 Å². The van der Waals surface area contributed by atoms with Crippen LogP contribution >= 0.6 is 0 Å². The van der Waals surface area contributed by atoms with Gasteiger partial charge in [-0.3, -0.25) is 9.78 Å². The van der Waals surface area contributed by atoms with Gasteiger partial charge in [-0.15, -0.1) is 0 Å². The first-order valence-corrected chi connectivity index (χ1v) is 6.64. The van der Waals surface area contributed by atoms with Gasteiger partial charge in [0.2, 0.25) is 0 Å². The predicted molar refractivity (Wildman–Crippen MR) is 80.9 cm³/mol. The quantitative estimate of drug-likeness (QED) is 0.906. The summed E-state index contributed by atoms with van der Waals surface area (Å²) in [5.41, 5.74) is 1.77. The van der Waals surface area contributed by atoms with Crippen molar-refractivity contribution in [1.82, 2.24) is 10.3 Å². The Morgan fingerprint density at radius 3 is 2.50 bits per heavy atom. The zero-order valence-electron chi connectivity index (χ0n) is 11.8. The van der Waals surface area contributed by atoms with Gasteiger partial charge < -0.3 is 10.2 Å². The van der Waals surface area contributed by atoms with Crippen molar-refractivity contribution in [2.45, 2.75) is 13.0 Å². The second-order valence-corrected chi connectivity index (χ2v) is 4.74. The summed E-state index contributed by atoms with van der Waals surface area (Å²) in [4.78, 5) is 18.0. The Morgan fingerprint density at radius 1 is 1.20 bits per heavy atom. The third-order valence-corrected chi connectivity index (χ3v) is 3.33. The van der Waals surface area contributed by atoms with E-state index in [1.54, 1.807) is 24.5 Å². The van der Waals surface area contributed by atoms with Gasteiger partial charge in [0.05, 0.1) is 0 Å². The van der Waals surface area contributed by atoms with E-state index in [0.717, 1.165) is 5.69 Å². The fourth-order valence-electron chi connectivity index (χ4n) is 1.90. The number of likely N-dealkylation sites (N-methyl/N-ethyl adjacent to an activating group) is 1. The number of pyridine rings is 1. The van der Waals surface area contributed by atoms with Crippen LogP contribution in [-0.2, 0) is 0 Å². The van der Waals surface area contributed by atoms with Crippen molar-refractivity contribution in [2.24, 2.45) is 0 Å². The molecule has 0 spiro atoms. The highest BCUT2D eigenvalue weighted by molar-refractivity contribution is 5.93. The number of nitrogens with one attached hydrogen (secondary N) is 1. The molecule has 0 bridgehead atoms. The third kappa shape index (κ3) is 3.57. The molecular formula is C16H19N3O. The van der Waals surface area contributed by atoms with Crippen molar-refractivity contribution in [3.05, 3.63) is 60.4 Å². The van der Waals surface area contributed by atoms with Crippen LogP contribution in [0.1, 0.15) is 17.3 Å². The molecule has 1 amide bonds. The van der Waals surface area contributed by atoms with Gasteiger partial charge >= 0.3 is 0 Å². The predicted octanol–water partition coefficient (Wildman–Crippen LogP) is 2.34. The summed E-state index contributed by atoms with van der Waals surface area (Å²) in [7, 11) is 2.03. The Hall–Kier alpha value is -2.36. The lowest BCUT2D eigenvalue weighted by Crippen LogP contribution is -2.40. The lowest BCUT2D eigenvalue weighted by molar-refractivity contribution is 0.0951. The van der Waals surface area contributed by atoms with Gasteiger partial charge in [-0.1, -0.05) is 18.2 Å². The SMILES string of the molecule is C[C@H](CNC(=O)c1ccncc1)N(C)c1ccccc1. The first kappa shape index (κ1) is 14.1. The average Bonchev–Trinajstić information content (AvgIpc) is 2.53. The second-order valence-electron chi connectivity index (χ2n) is 4.74. The fourth-order valence-corrected chi connectivity index (χ4v) is 1.90. The molecule has 1 N–H and O–H groups in total. The Kier molecular flexibility index (Phi) is 4.71. The second kappa shape index (κ2) is 6.70. The maximum Gasteiger partial charge on any atom is 0.251 e. The summed E-state index contributed by atoms with van der Waals surface area (Å²) in [6.07, 6.45) is 3.24. The van der Waals surface area contributed by atoms with E-state index < -0.39 is 0 Å². The summed E-state index contributed by atoms with van der Waals surface area (Å²) >= 11 is 0. The molecule has 0 aliphatic carbocycles. The zero-order chi connectivity index (χ0) is 14.4. The van der Waals surface area contributed by atoms with Gasteiger partial charge in [-0.05, 0) is 31.2 Å². The summed E-state index contributed by atoms with van der Waals surface area (Å²) in [5, 5.41) is 2.94. The number of carbonyl (C=O) groups excluding carboxylic acids is 1. The fraction of sp³-hybridized carbons (Fsp3) is 0.250. The van der Waals surface area contributed by atoms with E-state index >= 15 is 0 Å². The highest BCUT2D eigenvalue weighted by atomic mass is 16.1. The molecule has 1 heterocycles. The molecule has 1 aromatic heterocycles. The first-order valence-electron chi connectivity index (χ1n) is 6.64. The molecule has 20 heavy (non-hydrogen) atoms. The molecule has 0 radical (unpaired) electrons. The largest absolute Gasteiger partial charge is 0.370 e. The van der Waals surface area contributed by atoms with Crippen molar-refractivity contribution in [3.8, 4) is 0 Å². The minimum atomic E-state index is -0.0688. The Morgan fingerprint density at radius 2 is 1.85 bits per heavy atom. The van der Waals surface area contributed by atoms with E-state index in [0.29, 0.717) is 12.1 Å². The van der Waals surface area contributed by atoms with Crippen LogP contribution in [0.2, 0.25) is 0 Å². The van der Waals surface area contributed by atoms with Crippen LogP contribution in [0.25, 0.3) is 0 Å². The number of hydrogen-bond acceptors (Lipinski definition) is 3. The van der Waals surface area contributed by atoms with E-state index in [1.807, 2.05) is 25.2 Å². The molecular weight excluding hydrogens is 250 g/mol. The Bertz CT molecular complexity index is 542. The smallest absolute Gasteiger partial charge is 0.251 e. The molecule has 0 unspecified atom stereocenters. The minimum absolute atomic E-state index is 0.0688. The normalized spacial score (nSPS) is 11.7. The molecule has 4 nitrogen and oxygen atoms in total. The van der Waals surface area contributed by atoms with Crippen molar-refractivity contribution in [3.63, 3.8) is 0 Å². The van der Waals surface area contributed by atoms with Gasteiger partial charge in [0.1, 0.15) is 0 Å². The van der Waals surface area contributed by atoms with Crippen molar-refractivity contribution < 1.29 is 4.79 Å². The molecule has 0 fully saturated rings. The summed E-state index contributed by atoms with van der Waals surface area (Å²) < 4.78 is 0. The zero-order valence-corrected chi connectivity index (χ0v) is 11.8. The van der Waals surface area contributed by atoms with Gasteiger partial charge in [0, 0.05) is 43.3 Å². The maximum atomic E-state index is 12.0. The number of amides is 1. The van der Waals surface area contributed by atoms with Gasteiger partial charge in [0.25, 0.3) is 5.91 Å². The number of para-hydroxylation sites is 1. The van der Waals surface area contributed by atoms with Crippen molar-refractivity contribution in [2.75, 3.05) is 18.5 Å². The molecule has 0 saturated carbocycles. The number of aromatic nitrogens is 1. The molecule has 2 rings (SSSR count). The number of rotatable bonds is 5. The van der Waals surface area contributed by atoms with Gasteiger partial charge in [0.15, 0.2) is 0 Å². The highest BCUT2D eigenvalue weighted by Gasteiger charge is 2.11. The molecule has 1 atom stereocenters. The summed E-state index contributed by atoms with van der Waals surface area (Å²) in [6.45, 7) is 2.67. The van der Waals surface area contributed by atoms with Crippen molar-refractivity contribution >= 4 is 11.6 Å². The number of carbonyl (C=O) groups is 1. The van der Waals surface area contributed by atoms with Gasteiger partial charge in [-0.2, -0.15) is 0 Å². The van der Waals surface area contributed by atoms with Crippen LogP contribution in [0.5, 0.6) is 0 Å². The lowest BCUT2D eigenvalue weighted by atomic mass is 10.2. The summed E-state index contributed by atoms with van der Waals surface area (Å²) in [5.74, 6) is -0.0688. The van der Waals surface area contributed by atoms with Crippen LogP contribution in [0.15, 0.2) is 54.9 Å². The number of anilines is 1. The number of benzene rings is 1. The molecule has 1 aromatic carbocycles. The van der Waals surface area contributed by atoms with Crippen LogP contribution in [0.4, 0.5) is 5.69 Å². The van der Waals surface area contributed by atoms with Crippen LogP contribution in [0.3, 0.4) is 0 Å². The molecule has 0 aliphatic heterocycles. The minimum Gasteiger partial charge on any atom is -0.370 e. The Labute approximate surface area is 119 Å². The van der Waals surface area contributed by atoms with E-state index in [4.69, 9.17) is 0 Å². The van der Waals surface area contributed by atoms with Crippen LogP contribution in [0, 0.1) is 0 Å². The van der Waals surface area contributed by atoms with Gasteiger partial charge in [-0.25, -0.2) is 0 Å². The molecule has 104 valence electrons. The standard InChI is InChI=1S/C16H19N3O/c1-13(19(2)15-6-4-3-5-7-15)12-18-16(20)14-8-10-17-11-9-14/h3-11,13H,12H2,1-2H3,(H,18,20)/t13-/m1/s1.